The van der Waals surface area contributed by atoms with E-state index in [0.29, 0.717) is 11.5 Å². The zero-order chi connectivity index (χ0) is 11.5. The molecule has 0 radical (unpaired) electrons. The second-order valence-corrected chi connectivity index (χ2v) is 6.18. The number of nitrogens with one attached hydrogen (secondary N) is 1. The first-order valence-electron chi connectivity index (χ1n) is 6.30. The fourth-order valence-electron chi connectivity index (χ4n) is 2.39. The van der Waals surface area contributed by atoms with E-state index in [1.54, 1.807) is 0 Å². The van der Waals surface area contributed by atoms with Crippen LogP contribution in [0, 0.1) is 5.41 Å². The molecule has 1 N–H and O–H groups in total. The van der Waals surface area contributed by atoms with Crippen molar-refractivity contribution < 1.29 is 0 Å². The van der Waals surface area contributed by atoms with Gasteiger partial charge in [-0.05, 0) is 45.7 Å². The van der Waals surface area contributed by atoms with Crippen molar-refractivity contribution in [1.29, 1.82) is 0 Å². The Hall–Kier alpha value is -0.0800. The lowest BCUT2D eigenvalue weighted by molar-refractivity contribution is 0.188. The van der Waals surface area contributed by atoms with Crippen molar-refractivity contribution in [3.05, 3.63) is 0 Å². The summed E-state index contributed by atoms with van der Waals surface area (Å²) in [4.78, 5) is 2.28. The van der Waals surface area contributed by atoms with Crippen LogP contribution in [0.2, 0.25) is 0 Å². The van der Waals surface area contributed by atoms with E-state index >= 15 is 0 Å². The predicted molar refractivity (Wildman–Crippen MR) is 67.2 cm³/mol. The van der Waals surface area contributed by atoms with Gasteiger partial charge in [-0.1, -0.05) is 20.3 Å². The molecule has 2 heteroatoms. The van der Waals surface area contributed by atoms with Crippen molar-refractivity contribution in [3.8, 4) is 0 Å². The Morgan fingerprint density at radius 1 is 1.40 bits per heavy atom. The maximum Gasteiger partial charge on any atom is 0.0186 e. The van der Waals surface area contributed by atoms with E-state index < -0.39 is 0 Å². The number of hydrogen-bond donors (Lipinski definition) is 1. The summed E-state index contributed by atoms with van der Waals surface area (Å²) in [7, 11) is 4.30. The molecule has 90 valence electrons. The maximum atomic E-state index is 3.72. The normalized spacial score (nSPS) is 28.0. The molecule has 0 amide bonds. The lowest BCUT2D eigenvalue weighted by atomic mass is 9.75. The minimum Gasteiger partial charge on any atom is -0.312 e. The Morgan fingerprint density at radius 2 is 2.07 bits per heavy atom. The smallest absolute Gasteiger partial charge is 0.0186 e. The van der Waals surface area contributed by atoms with Crippen LogP contribution < -0.4 is 5.32 Å². The molecule has 0 aromatic rings. The molecule has 0 heterocycles. The Morgan fingerprint density at radius 3 is 2.60 bits per heavy atom. The van der Waals surface area contributed by atoms with Crippen LogP contribution in [0.5, 0.6) is 0 Å². The van der Waals surface area contributed by atoms with Crippen LogP contribution in [-0.4, -0.2) is 37.6 Å². The summed E-state index contributed by atoms with van der Waals surface area (Å²) in [6.07, 6.45) is 5.49. The molecule has 2 unspecified atom stereocenters. The zero-order valence-corrected chi connectivity index (χ0v) is 11.1. The van der Waals surface area contributed by atoms with Crippen molar-refractivity contribution in [2.45, 2.75) is 58.5 Å². The van der Waals surface area contributed by atoms with Crippen LogP contribution in [0.15, 0.2) is 0 Å². The van der Waals surface area contributed by atoms with Gasteiger partial charge >= 0.3 is 0 Å². The first-order chi connectivity index (χ1) is 6.91. The highest BCUT2D eigenvalue weighted by Gasteiger charge is 2.27. The van der Waals surface area contributed by atoms with E-state index in [-0.39, 0.29) is 0 Å². The van der Waals surface area contributed by atoms with Gasteiger partial charge in [0, 0.05) is 18.6 Å². The summed E-state index contributed by atoms with van der Waals surface area (Å²) in [6.45, 7) is 8.20. The van der Waals surface area contributed by atoms with E-state index in [9.17, 15) is 0 Å². The number of rotatable bonds is 4. The van der Waals surface area contributed by atoms with Crippen molar-refractivity contribution >= 4 is 0 Å². The Balaban J connectivity index is 2.27. The monoisotopic (exact) mass is 212 g/mol. The first kappa shape index (κ1) is 13.0. The van der Waals surface area contributed by atoms with Gasteiger partial charge in [-0.2, -0.15) is 0 Å². The predicted octanol–water partition coefficient (Wildman–Crippen LogP) is 2.49. The summed E-state index contributed by atoms with van der Waals surface area (Å²) in [5.41, 5.74) is 0.553. The Bertz CT molecular complexity index is 187. The van der Waals surface area contributed by atoms with Gasteiger partial charge in [0.05, 0.1) is 0 Å². The van der Waals surface area contributed by atoms with Crippen molar-refractivity contribution in [1.82, 2.24) is 10.2 Å². The Labute approximate surface area is 95.4 Å². The number of nitrogens with zero attached hydrogens (tertiary/aromatic N) is 1. The molecular formula is C13H28N2. The van der Waals surface area contributed by atoms with Gasteiger partial charge in [0.15, 0.2) is 0 Å². The lowest BCUT2D eigenvalue weighted by Gasteiger charge is -2.36. The molecule has 1 fully saturated rings. The maximum absolute atomic E-state index is 3.72. The second kappa shape index (κ2) is 5.31. The molecule has 1 rings (SSSR count). The minimum absolute atomic E-state index is 0.553. The topological polar surface area (TPSA) is 15.3 Å². The highest BCUT2D eigenvalue weighted by atomic mass is 15.1. The van der Waals surface area contributed by atoms with Crippen LogP contribution in [0.4, 0.5) is 0 Å². The van der Waals surface area contributed by atoms with Gasteiger partial charge in [-0.3, -0.25) is 0 Å². The second-order valence-electron chi connectivity index (χ2n) is 6.18. The summed E-state index contributed by atoms with van der Waals surface area (Å²) in [6, 6.07) is 1.38. The van der Waals surface area contributed by atoms with Crippen LogP contribution in [0.25, 0.3) is 0 Å². The molecule has 1 aliphatic carbocycles. The molecule has 1 aliphatic rings. The molecule has 0 aliphatic heterocycles. The van der Waals surface area contributed by atoms with E-state index in [1.165, 1.54) is 25.7 Å². The summed E-state index contributed by atoms with van der Waals surface area (Å²) < 4.78 is 0. The van der Waals surface area contributed by atoms with Crippen molar-refractivity contribution in [2.75, 3.05) is 20.6 Å². The lowest BCUT2D eigenvalue weighted by Crippen LogP contribution is -2.43. The van der Waals surface area contributed by atoms with E-state index in [4.69, 9.17) is 0 Å². The molecule has 2 nitrogen and oxygen atoms in total. The summed E-state index contributed by atoms with van der Waals surface area (Å²) in [5, 5.41) is 3.72. The fourth-order valence-corrected chi connectivity index (χ4v) is 2.39. The summed E-state index contributed by atoms with van der Waals surface area (Å²) >= 11 is 0. The van der Waals surface area contributed by atoms with Crippen LogP contribution >= 0.6 is 0 Å². The SMILES string of the molecule is CC(CNC1CCCC(C)(C)C1)N(C)C. The molecule has 0 aromatic heterocycles. The highest BCUT2D eigenvalue weighted by molar-refractivity contribution is 4.84. The molecule has 1 saturated carbocycles. The molecule has 2 atom stereocenters. The zero-order valence-electron chi connectivity index (χ0n) is 11.1. The quantitative estimate of drug-likeness (QED) is 0.770. The van der Waals surface area contributed by atoms with Crippen LogP contribution in [0.3, 0.4) is 0 Å². The molecule has 0 spiro atoms. The average Bonchev–Trinajstić information content (AvgIpc) is 2.12. The van der Waals surface area contributed by atoms with Crippen LogP contribution in [-0.2, 0) is 0 Å². The van der Waals surface area contributed by atoms with Crippen LogP contribution in [0.1, 0.15) is 46.5 Å². The third-order valence-electron chi connectivity index (χ3n) is 3.79. The van der Waals surface area contributed by atoms with Gasteiger partial charge in [-0.25, -0.2) is 0 Å². The van der Waals surface area contributed by atoms with Gasteiger partial charge in [0.1, 0.15) is 0 Å². The van der Waals surface area contributed by atoms with Crippen molar-refractivity contribution in [3.63, 3.8) is 0 Å². The van der Waals surface area contributed by atoms with E-state index in [2.05, 4.69) is 45.1 Å². The first-order valence-corrected chi connectivity index (χ1v) is 6.30. The van der Waals surface area contributed by atoms with E-state index in [1.807, 2.05) is 0 Å². The molecule has 0 bridgehead atoms. The molecule has 0 aromatic carbocycles. The molecule has 15 heavy (non-hydrogen) atoms. The molecule has 0 saturated heterocycles. The van der Waals surface area contributed by atoms with E-state index in [0.717, 1.165) is 12.6 Å². The van der Waals surface area contributed by atoms with Crippen molar-refractivity contribution in [2.24, 2.45) is 5.41 Å². The summed E-state index contributed by atoms with van der Waals surface area (Å²) in [5.74, 6) is 0. The van der Waals surface area contributed by atoms with Gasteiger partial charge in [-0.15, -0.1) is 0 Å². The number of likely N-dealkylation sites (N-methyl/N-ethyl adjacent to an activating group) is 1. The van der Waals surface area contributed by atoms with Gasteiger partial charge in [0.2, 0.25) is 0 Å². The fraction of sp³-hybridized carbons (Fsp3) is 1.00. The molecular weight excluding hydrogens is 184 g/mol. The standard InChI is InChI=1S/C13H28N2/c1-11(15(4)5)10-14-12-7-6-8-13(2,3)9-12/h11-12,14H,6-10H2,1-5H3. The minimum atomic E-state index is 0.553. The largest absolute Gasteiger partial charge is 0.312 e. The third-order valence-corrected chi connectivity index (χ3v) is 3.79. The number of hydrogen-bond acceptors (Lipinski definition) is 2. The van der Waals surface area contributed by atoms with Gasteiger partial charge in [0.25, 0.3) is 0 Å². The highest BCUT2D eigenvalue weighted by Crippen LogP contribution is 2.34. The average molecular weight is 212 g/mol. The third kappa shape index (κ3) is 4.52. The Kier molecular flexibility index (Phi) is 4.60. The van der Waals surface area contributed by atoms with Gasteiger partial charge < -0.3 is 10.2 Å².